The predicted octanol–water partition coefficient (Wildman–Crippen LogP) is 4.58. The van der Waals surface area contributed by atoms with Gasteiger partial charge in [0.05, 0.1) is 12.0 Å². The number of hydrogen-bond acceptors (Lipinski definition) is 3. The SMILES string of the molecule is CC(C)(C)C1CCC(C(=O)OCC(=O)N[C@@H]2CCCc3ccccc32)CC1. The summed E-state index contributed by atoms with van der Waals surface area (Å²) in [6.45, 7) is 6.63. The second kappa shape index (κ2) is 8.45. The smallest absolute Gasteiger partial charge is 0.309 e. The molecule has 1 fully saturated rings. The monoisotopic (exact) mass is 371 g/mol. The summed E-state index contributed by atoms with van der Waals surface area (Å²) in [6.07, 6.45) is 6.94. The second-order valence-corrected chi connectivity index (χ2v) is 9.23. The van der Waals surface area contributed by atoms with E-state index in [1.807, 2.05) is 12.1 Å². The number of benzene rings is 1. The fraction of sp³-hybridized carbons (Fsp3) is 0.652. The molecule has 0 heterocycles. The average Bonchev–Trinajstić information content (AvgIpc) is 2.66. The first kappa shape index (κ1) is 19.9. The summed E-state index contributed by atoms with van der Waals surface area (Å²) in [4.78, 5) is 24.7. The van der Waals surface area contributed by atoms with Crippen LogP contribution in [0.2, 0.25) is 0 Å². The van der Waals surface area contributed by atoms with E-state index in [9.17, 15) is 9.59 Å². The second-order valence-electron chi connectivity index (χ2n) is 9.23. The summed E-state index contributed by atoms with van der Waals surface area (Å²) >= 11 is 0. The van der Waals surface area contributed by atoms with Crippen LogP contribution in [0.5, 0.6) is 0 Å². The lowest BCUT2D eigenvalue weighted by molar-refractivity contribution is -0.154. The lowest BCUT2D eigenvalue weighted by Crippen LogP contribution is -2.35. The normalized spacial score (nSPS) is 25.4. The number of fused-ring (bicyclic) bond motifs is 1. The molecule has 3 rings (SSSR count). The van der Waals surface area contributed by atoms with Crippen LogP contribution in [0, 0.1) is 17.3 Å². The van der Waals surface area contributed by atoms with Gasteiger partial charge in [-0.3, -0.25) is 9.59 Å². The van der Waals surface area contributed by atoms with Crippen LogP contribution in [0.15, 0.2) is 24.3 Å². The number of rotatable bonds is 4. The number of nitrogens with one attached hydrogen (secondary N) is 1. The highest BCUT2D eigenvalue weighted by Crippen LogP contribution is 2.40. The van der Waals surface area contributed by atoms with E-state index in [1.54, 1.807) is 0 Å². The van der Waals surface area contributed by atoms with Crippen molar-refractivity contribution in [2.45, 2.75) is 71.8 Å². The zero-order chi connectivity index (χ0) is 19.4. The zero-order valence-corrected chi connectivity index (χ0v) is 16.9. The number of carbonyl (C=O) groups is 2. The molecular weight excluding hydrogens is 338 g/mol. The lowest BCUT2D eigenvalue weighted by Gasteiger charge is -2.36. The maximum Gasteiger partial charge on any atom is 0.309 e. The van der Waals surface area contributed by atoms with Crippen LogP contribution in [0.1, 0.15) is 76.5 Å². The number of aryl methyl sites for hydroxylation is 1. The molecule has 148 valence electrons. The molecule has 1 amide bonds. The van der Waals surface area contributed by atoms with Gasteiger partial charge in [0.25, 0.3) is 5.91 Å². The standard InChI is InChI=1S/C23H33NO3/c1-23(2,3)18-13-11-17(12-14-18)22(26)27-15-21(25)24-20-10-6-8-16-7-4-5-9-19(16)20/h4-5,7,9,17-18,20H,6,8,10-15H2,1-3H3,(H,24,25)/t17?,18?,20-/m1/s1. The largest absolute Gasteiger partial charge is 0.455 e. The Bertz CT molecular complexity index is 668. The fourth-order valence-electron chi connectivity index (χ4n) is 4.59. The van der Waals surface area contributed by atoms with Crippen LogP contribution >= 0.6 is 0 Å². The molecule has 2 aliphatic rings. The minimum Gasteiger partial charge on any atom is -0.455 e. The van der Waals surface area contributed by atoms with Crippen molar-refractivity contribution in [2.24, 2.45) is 17.3 Å². The van der Waals surface area contributed by atoms with Gasteiger partial charge in [-0.1, -0.05) is 45.0 Å². The molecule has 4 nitrogen and oxygen atoms in total. The molecule has 1 aromatic rings. The first-order valence-corrected chi connectivity index (χ1v) is 10.4. The highest BCUT2D eigenvalue weighted by Gasteiger charge is 2.33. The third-order valence-electron chi connectivity index (χ3n) is 6.34. The first-order valence-electron chi connectivity index (χ1n) is 10.4. The van der Waals surface area contributed by atoms with Crippen LogP contribution in [-0.4, -0.2) is 18.5 Å². The van der Waals surface area contributed by atoms with Crippen LogP contribution < -0.4 is 5.32 Å². The van der Waals surface area contributed by atoms with E-state index < -0.39 is 0 Å². The molecule has 0 saturated heterocycles. The van der Waals surface area contributed by atoms with E-state index in [4.69, 9.17) is 4.74 Å². The van der Waals surface area contributed by atoms with Crippen molar-refractivity contribution in [1.29, 1.82) is 0 Å². The molecule has 1 aromatic carbocycles. The van der Waals surface area contributed by atoms with E-state index in [2.05, 4.69) is 38.2 Å². The van der Waals surface area contributed by atoms with Crippen molar-refractivity contribution < 1.29 is 14.3 Å². The summed E-state index contributed by atoms with van der Waals surface area (Å²) < 4.78 is 5.34. The highest BCUT2D eigenvalue weighted by molar-refractivity contribution is 5.81. The summed E-state index contributed by atoms with van der Waals surface area (Å²) in [5.74, 6) is 0.206. The molecule has 27 heavy (non-hydrogen) atoms. The molecule has 2 aliphatic carbocycles. The molecule has 0 unspecified atom stereocenters. The Labute approximate surface area is 163 Å². The number of amides is 1. The van der Waals surface area contributed by atoms with E-state index in [0.29, 0.717) is 11.3 Å². The van der Waals surface area contributed by atoms with E-state index in [0.717, 1.165) is 44.9 Å². The van der Waals surface area contributed by atoms with Gasteiger partial charge in [-0.2, -0.15) is 0 Å². The molecule has 1 saturated carbocycles. The molecule has 0 spiro atoms. The van der Waals surface area contributed by atoms with Crippen LogP contribution in [0.25, 0.3) is 0 Å². The van der Waals surface area contributed by atoms with Crippen LogP contribution in [0.4, 0.5) is 0 Å². The van der Waals surface area contributed by atoms with Crippen molar-refractivity contribution in [2.75, 3.05) is 6.61 Å². The molecular formula is C23H33NO3. The predicted molar refractivity (Wildman–Crippen MR) is 106 cm³/mol. The molecule has 0 bridgehead atoms. The van der Waals surface area contributed by atoms with Crippen molar-refractivity contribution in [1.82, 2.24) is 5.32 Å². The maximum atomic E-state index is 12.3. The minimum absolute atomic E-state index is 0.0309. The molecule has 0 aliphatic heterocycles. The van der Waals surface area contributed by atoms with Crippen LogP contribution in [-0.2, 0) is 20.7 Å². The summed E-state index contributed by atoms with van der Waals surface area (Å²) in [6, 6.07) is 8.29. The van der Waals surface area contributed by atoms with Crippen molar-refractivity contribution in [3.05, 3.63) is 35.4 Å². The van der Waals surface area contributed by atoms with Gasteiger partial charge >= 0.3 is 5.97 Å². The quantitative estimate of drug-likeness (QED) is 0.789. The molecule has 0 aromatic heterocycles. The fourth-order valence-corrected chi connectivity index (χ4v) is 4.59. The van der Waals surface area contributed by atoms with Gasteiger partial charge in [0.2, 0.25) is 0 Å². The summed E-state index contributed by atoms with van der Waals surface area (Å²) in [5.41, 5.74) is 2.80. The first-order chi connectivity index (χ1) is 12.8. The Balaban J connectivity index is 1.44. The highest BCUT2D eigenvalue weighted by atomic mass is 16.5. The molecule has 0 radical (unpaired) electrons. The van der Waals surface area contributed by atoms with Gasteiger partial charge in [0.15, 0.2) is 6.61 Å². The van der Waals surface area contributed by atoms with E-state index in [1.165, 1.54) is 11.1 Å². The van der Waals surface area contributed by atoms with Gasteiger partial charge < -0.3 is 10.1 Å². The van der Waals surface area contributed by atoms with Crippen LogP contribution in [0.3, 0.4) is 0 Å². The summed E-state index contributed by atoms with van der Waals surface area (Å²) in [7, 11) is 0. The Hall–Kier alpha value is -1.84. The molecule has 1 atom stereocenters. The number of ether oxygens (including phenoxy) is 1. The lowest BCUT2D eigenvalue weighted by atomic mass is 9.70. The number of carbonyl (C=O) groups excluding carboxylic acids is 2. The van der Waals surface area contributed by atoms with Crippen molar-refractivity contribution >= 4 is 11.9 Å². The van der Waals surface area contributed by atoms with Crippen molar-refractivity contribution in [3.63, 3.8) is 0 Å². The Morgan fingerprint density at radius 1 is 1.07 bits per heavy atom. The Morgan fingerprint density at radius 2 is 1.78 bits per heavy atom. The molecule has 1 N–H and O–H groups in total. The third-order valence-corrected chi connectivity index (χ3v) is 6.34. The van der Waals surface area contributed by atoms with Crippen molar-refractivity contribution in [3.8, 4) is 0 Å². The average molecular weight is 372 g/mol. The number of esters is 1. The van der Waals surface area contributed by atoms with Gasteiger partial charge in [-0.05, 0) is 67.4 Å². The van der Waals surface area contributed by atoms with E-state index in [-0.39, 0.29) is 30.4 Å². The van der Waals surface area contributed by atoms with Gasteiger partial charge in [-0.25, -0.2) is 0 Å². The molecule has 4 heteroatoms. The Morgan fingerprint density at radius 3 is 2.48 bits per heavy atom. The van der Waals surface area contributed by atoms with E-state index >= 15 is 0 Å². The maximum absolute atomic E-state index is 12.3. The summed E-state index contributed by atoms with van der Waals surface area (Å²) in [5, 5.41) is 3.04. The Kier molecular flexibility index (Phi) is 6.23. The minimum atomic E-state index is -0.207. The van der Waals surface area contributed by atoms with Gasteiger partial charge in [0, 0.05) is 0 Å². The van der Waals surface area contributed by atoms with Gasteiger partial charge in [0.1, 0.15) is 0 Å². The number of hydrogen-bond donors (Lipinski definition) is 1. The topological polar surface area (TPSA) is 55.4 Å². The van der Waals surface area contributed by atoms with Gasteiger partial charge in [-0.15, -0.1) is 0 Å². The third kappa shape index (κ3) is 5.12. The zero-order valence-electron chi connectivity index (χ0n) is 16.9.